The Hall–Kier alpha value is -2.05. The van der Waals surface area contributed by atoms with Gasteiger partial charge in [0.2, 0.25) is 0 Å². The predicted molar refractivity (Wildman–Crippen MR) is 80.7 cm³/mol. The highest BCUT2D eigenvalue weighted by molar-refractivity contribution is 5.98. The minimum atomic E-state index is 0.245. The highest BCUT2D eigenvalue weighted by Crippen LogP contribution is 2.35. The van der Waals surface area contributed by atoms with E-state index in [1.807, 2.05) is 30.3 Å². The molecular formula is C17H18N2O. The van der Waals surface area contributed by atoms with Crippen molar-refractivity contribution in [3.63, 3.8) is 0 Å². The van der Waals surface area contributed by atoms with Crippen molar-refractivity contribution in [3.8, 4) is 6.07 Å². The molecule has 1 saturated heterocycles. The van der Waals surface area contributed by atoms with Gasteiger partial charge in [-0.3, -0.25) is 0 Å². The molecule has 3 nitrogen and oxygen atoms in total. The third-order valence-corrected chi connectivity index (χ3v) is 4.25. The largest absolute Gasteiger partial charge is 0.396 e. The Kier molecular flexibility index (Phi) is 3.33. The van der Waals surface area contributed by atoms with Crippen molar-refractivity contribution in [3.05, 3.63) is 42.0 Å². The van der Waals surface area contributed by atoms with Crippen molar-refractivity contribution in [1.29, 1.82) is 5.26 Å². The fraction of sp³-hybridized carbons (Fsp3) is 0.353. The Morgan fingerprint density at radius 1 is 1.25 bits per heavy atom. The van der Waals surface area contributed by atoms with E-state index in [1.54, 1.807) is 0 Å². The van der Waals surface area contributed by atoms with Gasteiger partial charge >= 0.3 is 0 Å². The van der Waals surface area contributed by atoms with Gasteiger partial charge in [0, 0.05) is 41.6 Å². The van der Waals surface area contributed by atoms with Crippen molar-refractivity contribution in [2.24, 2.45) is 5.92 Å². The number of aliphatic hydroxyl groups is 1. The normalized spacial score (nSPS) is 22.1. The van der Waals surface area contributed by atoms with Crippen LogP contribution in [-0.4, -0.2) is 24.3 Å². The molecule has 2 aromatic rings. The molecule has 3 rings (SSSR count). The lowest BCUT2D eigenvalue weighted by molar-refractivity contribution is 0.236. The van der Waals surface area contributed by atoms with Gasteiger partial charge < -0.3 is 10.0 Å². The monoisotopic (exact) mass is 266 g/mol. The molecule has 1 heterocycles. The summed E-state index contributed by atoms with van der Waals surface area (Å²) in [7, 11) is 0. The summed E-state index contributed by atoms with van der Waals surface area (Å²) >= 11 is 0. The van der Waals surface area contributed by atoms with E-state index in [9.17, 15) is 10.4 Å². The summed E-state index contributed by atoms with van der Waals surface area (Å²) in [6.45, 7) is 3.32. The van der Waals surface area contributed by atoms with E-state index >= 15 is 0 Å². The van der Waals surface area contributed by atoms with E-state index < -0.39 is 0 Å². The Bertz CT molecular complexity index is 674. The molecule has 0 unspecified atom stereocenters. The molecule has 1 fully saturated rings. The van der Waals surface area contributed by atoms with E-state index in [0.717, 1.165) is 29.3 Å². The third kappa shape index (κ3) is 2.03. The van der Waals surface area contributed by atoms with Gasteiger partial charge in [0.05, 0.1) is 11.6 Å². The highest BCUT2D eigenvalue weighted by Gasteiger charge is 2.29. The molecule has 1 aliphatic rings. The summed E-state index contributed by atoms with van der Waals surface area (Å²) < 4.78 is 0. The van der Waals surface area contributed by atoms with Gasteiger partial charge in [-0.05, 0) is 25.5 Å². The van der Waals surface area contributed by atoms with Crippen LogP contribution < -0.4 is 4.90 Å². The number of rotatable bonds is 2. The van der Waals surface area contributed by atoms with Crippen LogP contribution in [0.25, 0.3) is 10.8 Å². The Morgan fingerprint density at radius 3 is 2.65 bits per heavy atom. The molecule has 102 valence electrons. The molecule has 0 aromatic heterocycles. The Morgan fingerprint density at radius 2 is 2.00 bits per heavy atom. The minimum absolute atomic E-state index is 0.245. The molecule has 0 amide bonds. The molecule has 1 N–H and O–H groups in total. The average molecular weight is 266 g/mol. The van der Waals surface area contributed by atoms with Gasteiger partial charge in [-0.2, -0.15) is 5.26 Å². The molecular weight excluding hydrogens is 248 g/mol. The number of nitriles is 1. The van der Waals surface area contributed by atoms with Crippen molar-refractivity contribution in [2.75, 3.05) is 18.1 Å². The van der Waals surface area contributed by atoms with E-state index in [4.69, 9.17) is 0 Å². The first-order valence-corrected chi connectivity index (χ1v) is 7.04. The maximum atomic E-state index is 9.37. The van der Waals surface area contributed by atoms with Gasteiger partial charge in [0.25, 0.3) is 0 Å². The van der Waals surface area contributed by atoms with Gasteiger partial charge in [-0.15, -0.1) is 0 Å². The van der Waals surface area contributed by atoms with Crippen LogP contribution >= 0.6 is 0 Å². The zero-order chi connectivity index (χ0) is 14.1. The van der Waals surface area contributed by atoms with Crippen LogP contribution in [0.4, 0.5) is 5.69 Å². The lowest BCUT2D eigenvalue weighted by Gasteiger charge is -2.25. The maximum absolute atomic E-state index is 9.37. The van der Waals surface area contributed by atoms with Gasteiger partial charge in [-0.1, -0.05) is 24.3 Å². The highest BCUT2D eigenvalue weighted by atomic mass is 16.3. The first kappa shape index (κ1) is 13.0. The second-order valence-corrected chi connectivity index (χ2v) is 5.58. The molecule has 2 aromatic carbocycles. The zero-order valence-electron chi connectivity index (χ0n) is 11.6. The predicted octanol–water partition coefficient (Wildman–Crippen LogP) is 2.92. The number of fused-ring (bicyclic) bond motifs is 1. The van der Waals surface area contributed by atoms with Crippen molar-refractivity contribution < 1.29 is 5.11 Å². The first-order chi connectivity index (χ1) is 9.74. The third-order valence-electron chi connectivity index (χ3n) is 4.25. The van der Waals surface area contributed by atoms with Crippen LogP contribution in [0.1, 0.15) is 18.9 Å². The molecule has 0 saturated carbocycles. The van der Waals surface area contributed by atoms with Crippen molar-refractivity contribution in [2.45, 2.75) is 19.4 Å². The van der Waals surface area contributed by atoms with E-state index in [1.165, 1.54) is 5.69 Å². The van der Waals surface area contributed by atoms with E-state index in [-0.39, 0.29) is 6.61 Å². The topological polar surface area (TPSA) is 47.3 Å². The molecule has 2 atom stereocenters. The molecule has 3 heteroatoms. The lowest BCUT2D eigenvalue weighted by atomic mass is 10.0. The first-order valence-electron chi connectivity index (χ1n) is 7.04. The lowest BCUT2D eigenvalue weighted by Crippen LogP contribution is -2.27. The smallest absolute Gasteiger partial charge is 0.0998 e. The average Bonchev–Trinajstić information content (AvgIpc) is 2.87. The fourth-order valence-electron chi connectivity index (χ4n) is 3.24. The quantitative estimate of drug-likeness (QED) is 0.909. The number of hydrogen-bond donors (Lipinski definition) is 1. The van der Waals surface area contributed by atoms with Crippen LogP contribution in [0, 0.1) is 17.2 Å². The minimum Gasteiger partial charge on any atom is -0.396 e. The number of nitrogens with zero attached hydrogens (tertiary/aromatic N) is 2. The zero-order valence-corrected chi connectivity index (χ0v) is 11.6. The van der Waals surface area contributed by atoms with Crippen molar-refractivity contribution in [1.82, 2.24) is 0 Å². The van der Waals surface area contributed by atoms with Crippen molar-refractivity contribution >= 4 is 16.5 Å². The Labute approximate surface area is 119 Å². The second kappa shape index (κ2) is 5.15. The summed E-state index contributed by atoms with van der Waals surface area (Å²) in [4.78, 5) is 2.35. The molecule has 0 radical (unpaired) electrons. The van der Waals surface area contributed by atoms with E-state index in [2.05, 4.69) is 24.0 Å². The standard InChI is InChI=1S/C17H18N2O/c1-12-8-13(11-20)10-19(12)17-7-6-14(9-18)15-4-2-3-5-16(15)17/h2-7,12-13,20H,8,10-11H2,1H3/t12-,13-/m0/s1. The van der Waals surface area contributed by atoms with Crippen LogP contribution in [0.15, 0.2) is 36.4 Å². The number of hydrogen-bond acceptors (Lipinski definition) is 3. The molecule has 20 heavy (non-hydrogen) atoms. The number of anilines is 1. The Balaban J connectivity index is 2.12. The summed E-state index contributed by atoms with van der Waals surface area (Å²) in [6.07, 6.45) is 1.02. The van der Waals surface area contributed by atoms with Crippen LogP contribution in [0.3, 0.4) is 0 Å². The van der Waals surface area contributed by atoms with E-state index in [0.29, 0.717) is 12.0 Å². The summed E-state index contributed by atoms with van der Waals surface area (Å²) in [5, 5.41) is 20.7. The summed E-state index contributed by atoms with van der Waals surface area (Å²) in [6, 6.07) is 14.7. The fourth-order valence-corrected chi connectivity index (χ4v) is 3.24. The van der Waals surface area contributed by atoms with Gasteiger partial charge in [0.1, 0.15) is 0 Å². The SMILES string of the molecule is C[C@H]1C[C@H](CO)CN1c1ccc(C#N)c2ccccc12. The molecule has 1 aliphatic heterocycles. The van der Waals surface area contributed by atoms with Crippen LogP contribution in [0.5, 0.6) is 0 Å². The van der Waals surface area contributed by atoms with Gasteiger partial charge in [-0.25, -0.2) is 0 Å². The maximum Gasteiger partial charge on any atom is 0.0998 e. The number of aliphatic hydroxyl groups excluding tert-OH is 1. The summed E-state index contributed by atoms with van der Waals surface area (Å²) in [5.41, 5.74) is 1.89. The number of benzene rings is 2. The second-order valence-electron chi connectivity index (χ2n) is 5.58. The summed E-state index contributed by atoms with van der Waals surface area (Å²) in [5.74, 6) is 0.347. The molecule has 0 aliphatic carbocycles. The van der Waals surface area contributed by atoms with Crippen LogP contribution in [0.2, 0.25) is 0 Å². The molecule has 0 bridgehead atoms. The molecule has 0 spiro atoms. The van der Waals surface area contributed by atoms with Gasteiger partial charge in [0.15, 0.2) is 0 Å². The van der Waals surface area contributed by atoms with Crippen LogP contribution in [-0.2, 0) is 0 Å².